The van der Waals surface area contributed by atoms with Crippen LogP contribution in [-0.2, 0) is 14.6 Å². The van der Waals surface area contributed by atoms with E-state index in [1.165, 1.54) is 18.5 Å². The smallest absolute Gasteiger partial charge is 0.410 e. The molecule has 2 heterocycles. The van der Waals surface area contributed by atoms with E-state index < -0.39 is 15.7 Å². The molecule has 36 heavy (non-hydrogen) atoms. The maximum atomic E-state index is 14.6. The molecule has 194 valence electrons. The molecule has 0 spiro atoms. The molecule has 2 aromatic rings. The Morgan fingerprint density at radius 2 is 1.89 bits per heavy atom. The van der Waals surface area contributed by atoms with Gasteiger partial charge in [0, 0.05) is 31.2 Å². The van der Waals surface area contributed by atoms with Gasteiger partial charge in [-0.1, -0.05) is 0 Å². The van der Waals surface area contributed by atoms with Crippen molar-refractivity contribution in [3.05, 3.63) is 35.9 Å². The molecule has 5 rings (SSSR count). The van der Waals surface area contributed by atoms with Crippen LogP contribution in [0.5, 0.6) is 5.88 Å². The fourth-order valence-corrected chi connectivity index (χ4v) is 5.96. The fraction of sp³-hybridized carbons (Fsp3) is 0.560. The predicted molar refractivity (Wildman–Crippen MR) is 131 cm³/mol. The fourth-order valence-electron chi connectivity index (χ4n) is 5.33. The number of halogens is 1. The number of aromatic nitrogens is 2. The Bertz CT molecular complexity index is 1270. The van der Waals surface area contributed by atoms with Gasteiger partial charge in [0.15, 0.2) is 9.84 Å². The van der Waals surface area contributed by atoms with Gasteiger partial charge in [-0.2, -0.15) is 0 Å². The highest BCUT2D eigenvalue weighted by Gasteiger charge is 2.47. The zero-order chi connectivity index (χ0) is 25.7. The number of nitrogens with one attached hydrogen (secondary N) is 1. The number of hydrogen-bond acceptors (Lipinski definition) is 8. The van der Waals surface area contributed by atoms with Crippen LogP contribution < -0.4 is 10.1 Å². The minimum absolute atomic E-state index is 0.0828. The molecular formula is C25H31FN4O5S. The number of hydrogen-bond donors (Lipinski definition) is 1. The number of likely N-dealkylation sites (tertiary alicyclic amines) is 1. The van der Waals surface area contributed by atoms with Crippen molar-refractivity contribution in [2.24, 2.45) is 11.8 Å². The summed E-state index contributed by atoms with van der Waals surface area (Å²) >= 11 is 0. The minimum atomic E-state index is -3.51. The average molecular weight is 519 g/mol. The van der Waals surface area contributed by atoms with Gasteiger partial charge in [0.2, 0.25) is 5.88 Å². The first kappa shape index (κ1) is 24.7. The summed E-state index contributed by atoms with van der Waals surface area (Å²) in [5.74, 6) is 0.426. The third kappa shape index (κ3) is 4.85. The van der Waals surface area contributed by atoms with Gasteiger partial charge < -0.3 is 19.7 Å². The molecule has 2 saturated carbocycles. The summed E-state index contributed by atoms with van der Waals surface area (Å²) in [5, 5.41) is 2.92. The number of benzene rings is 1. The molecule has 0 radical (unpaired) electrons. The van der Waals surface area contributed by atoms with E-state index in [1.54, 1.807) is 6.92 Å². The van der Waals surface area contributed by atoms with Gasteiger partial charge in [-0.15, -0.1) is 0 Å². The Labute approximate surface area is 210 Å². The van der Waals surface area contributed by atoms with Crippen LogP contribution in [-0.4, -0.2) is 60.4 Å². The number of piperidine rings is 1. The molecule has 2 bridgehead atoms. The molecule has 9 nitrogen and oxygen atoms in total. The van der Waals surface area contributed by atoms with E-state index in [1.807, 2.05) is 11.8 Å². The van der Waals surface area contributed by atoms with Gasteiger partial charge >= 0.3 is 6.09 Å². The topological polar surface area (TPSA) is 111 Å². The molecule has 1 aromatic heterocycles. The van der Waals surface area contributed by atoms with Gasteiger partial charge in [-0.3, -0.25) is 0 Å². The molecule has 1 amide bonds. The Balaban J connectivity index is 1.27. The van der Waals surface area contributed by atoms with Crippen LogP contribution in [0.4, 0.5) is 20.7 Å². The predicted octanol–water partition coefficient (Wildman–Crippen LogP) is 4.24. The standard InChI is InChI=1S/C25H31FN4O5S/c1-15-22(29-20-8-7-18(11-19(20)26)36(3,32)33)27-14-28-23(15)34-21-16-5-6-17(21)13-30(12-16)24(31)35-25(2)9-4-10-25/h7-8,11,14,16-17,21H,4-6,9-10,12-13H2,1-3H3,(H,27,28,29). The van der Waals surface area contributed by atoms with Crippen molar-refractivity contribution in [3.8, 4) is 5.88 Å². The molecular weight excluding hydrogens is 487 g/mol. The molecule has 3 aliphatic rings. The highest BCUT2D eigenvalue weighted by atomic mass is 32.2. The Morgan fingerprint density at radius 3 is 2.47 bits per heavy atom. The molecule has 11 heteroatoms. The van der Waals surface area contributed by atoms with Gasteiger partial charge in [0.25, 0.3) is 0 Å². The van der Waals surface area contributed by atoms with Crippen molar-refractivity contribution in [1.82, 2.24) is 14.9 Å². The third-order valence-electron chi connectivity index (χ3n) is 7.66. The number of fused-ring (bicyclic) bond motifs is 2. The molecule has 2 unspecified atom stereocenters. The van der Waals surface area contributed by atoms with Gasteiger partial charge in [0.1, 0.15) is 29.7 Å². The highest BCUT2D eigenvalue weighted by Crippen LogP contribution is 2.41. The zero-order valence-corrected chi connectivity index (χ0v) is 21.5. The lowest BCUT2D eigenvalue weighted by molar-refractivity contribution is -0.0586. The normalized spacial score (nSPS) is 24.7. The number of sulfone groups is 1. The molecule has 3 fully saturated rings. The van der Waals surface area contributed by atoms with E-state index in [0.717, 1.165) is 44.4 Å². The van der Waals surface area contributed by atoms with Crippen LogP contribution in [0.3, 0.4) is 0 Å². The number of ether oxygens (including phenoxy) is 2. The monoisotopic (exact) mass is 518 g/mol. The summed E-state index contributed by atoms with van der Waals surface area (Å²) in [5.41, 5.74) is 0.389. The summed E-state index contributed by atoms with van der Waals surface area (Å²) in [6.07, 6.45) is 6.91. The van der Waals surface area contributed by atoms with E-state index in [4.69, 9.17) is 9.47 Å². The number of rotatable bonds is 6. The maximum Gasteiger partial charge on any atom is 0.410 e. The lowest BCUT2D eigenvalue weighted by Crippen LogP contribution is -2.52. The van der Waals surface area contributed by atoms with E-state index in [-0.39, 0.29) is 40.2 Å². The highest BCUT2D eigenvalue weighted by molar-refractivity contribution is 7.90. The molecule has 2 aliphatic carbocycles. The number of carbonyl (C=O) groups excluding carboxylic acids is 1. The van der Waals surface area contributed by atoms with Crippen LogP contribution in [0.2, 0.25) is 0 Å². The molecule has 1 N–H and O–H groups in total. The number of carbonyl (C=O) groups is 1. The summed E-state index contributed by atoms with van der Waals surface area (Å²) < 4.78 is 50.1. The van der Waals surface area contributed by atoms with E-state index in [9.17, 15) is 17.6 Å². The first-order valence-corrected chi connectivity index (χ1v) is 14.1. The number of amides is 1. The van der Waals surface area contributed by atoms with Crippen LogP contribution in [0.25, 0.3) is 0 Å². The second-order valence-electron chi connectivity index (χ2n) is 10.4. The maximum absolute atomic E-state index is 14.6. The quantitative estimate of drug-likeness (QED) is 0.605. The summed E-state index contributed by atoms with van der Waals surface area (Å²) in [6.45, 7) is 4.95. The lowest BCUT2D eigenvalue weighted by atomic mass is 9.82. The van der Waals surface area contributed by atoms with E-state index in [2.05, 4.69) is 15.3 Å². The number of nitrogens with zero attached hydrogens (tertiary/aromatic N) is 3. The van der Waals surface area contributed by atoms with Crippen molar-refractivity contribution in [2.75, 3.05) is 24.7 Å². The van der Waals surface area contributed by atoms with Crippen molar-refractivity contribution in [1.29, 1.82) is 0 Å². The van der Waals surface area contributed by atoms with Gasteiger partial charge in [-0.25, -0.2) is 27.6 Å². The van der Waals surface area contributed by atoms with E-state index in [0.29, 0.717) is 30.4 Å². The SMILES string of the molecule is Cc1c(Nc2ccc(S(C)(=O)=O)cc2F)ncnc1OC1C2CCC1CN(C(=O)OC1(C)CCC1)C2. The Hall–Kier alpha value is -2.95. The molecule has 1 saturated heterocycles. The largest absolute Gasteiger partial charge is 0.473 e. The lowest BCUT2D eigenvalue weighted by Gasteiger charge is -2.42. The first-order chi connectivity index (χ1) is 17.0. The van der Waals surface area contributed by atoms with Crippen molar-refractivity contribution >= 4 is 27.4 Å². The van der Waals surface area contributed by atoms with Gasteiger partial charge in [0.05, 0.1) is 16.1 Å². The average Bonchev–Trinajstić information content (AvgIpc) is 3.02. The Morgan fingerprint density at radius 1 is 1.19 bits per heavy atom. The second kappa shape index (κ2) is 9.17. The van der Waals surface area contributed by atoms with Crippen molar-refractivity contribution < 1.29 is 27.1 Å². The summed E-state index contributed by atoms with van der Waals surface area (Å²) in [6, 6.07) is 3.69. The zero-order valence-electron chi connectivity index (χ0n) is 20.7. The summed E-state index contributed by atoms with van der Waals surface area (Å²) in [4.78, 5) is 23.0. The van der Waals surface area contributed by atoms with Crippen molar-refractivity contribution in [2.45, 2.75) is 62.6 Å². The molecule has 2 atom stereocenters. The molecule has 1 aromatic carbocycles. The number of anilines is 2. The third-order valence-corrected chi connectivity index (χ3v) is 8.77. The van der Waals surface area contributed by atoms with Crippen LogP contribution >= 0.6 is 0 Å². The second-order valence-corrected chi connectivity index (χ2v) is 12.5. The first-order valence-electron chi connectivity index (χ1n) is 12.3. The van der Waals surface area contributed by atoms with E-state index >= 15 is 0 Å². The van der Waals surface area contributed by atoms with Crippen LogP contribution in [0, 0.1) is 24.6 Å². The summed E-state index contributed by atoms with van der Waals surface area (Å²) in [7, 11) is -3.51. The Kier molecular flexibility index (Phi) is 6.30. The molecule has 1 aliphatic heterocycles. The van der Waals surface area contributed by atoms with Crippen LogP contribution in [0.1, 0.15) is 44.6 Å². The van der Waals surface area contributed by atoms with Crippen molar-refractivity contribution in [3.63, 3.8) is 0 Å². The van der Waals surface area contributed by atoms with Crippen LogP contribution in [0.15, 0.2) is 29.4 Å². The minimum Gasteiger partial charge on any atom is -0.473 e. The van der Waals surface area contributed by atoms with Gasteiger partial charge in [-0.05, 0) is 64.2 Å².